The molecular formula is C26H27N9O3. The van der Waals surface area contributed by atoms with Crippen LogP contribution in [0.5, 0.6) is 0 Å². The summed E-state index contributed by atoms with van der Waals surface area (Å²) in [5.41, 5.74) is 6.46. The first-order chi connectivity index (χ1) is 18.4. The van der Waals surface area contributed by atoms with Crippen molar-refractivity contribution in [1.29, 1.82) is 5.26 Å². The van der Waals surface area contributed by atoms with Crippen molar-refractivity contribution in [1.82, 2.24) is 23.7 Å². The third kappa shape index (κ3) is 4.67. The Hall–Kier alpha value is -4.76. The van der Waals surface area contributed by atoms with Crippen LogP contribution < -0.4 is 27.2 Å². The number of anilines is 2. The smallest absolute Gasteiger partial charge is 0.332 e. The molecule has 1 saturated heterocycles. The molecule has 1 aliphatic heterocycles. The van der Waals surface area contributed by atoms with Crippen LogP contribution in [-0.4, -0.2) is 48.7 Å². The molecule has 4 heterocycles. The predicted octanol–water partition coefficient (Wildman–Crippen LogP) is 0.778. The molecule has 12 nitrogen and oxygen atoms in total. The van der Waals surface area contributed by atoms with E-state index in [1.807, 2.05) is 17.0 Å². The largest absolute Gasteiger partial charge is 0.341 e. The van der Waals surface area contributed by atoms with E-state index in [1.54, 1.807) is 34.9 Å². The first kappa shape index (κ1) is 24.9. The number of nitrogens with zero attached hydrogens (tertiary/aromatic N) is 7. The topological polar surface area (TPSA) is 157 Å². The number of nitriles is 1. The van der Waals surface area contributed by atoms with Crippen LogP contribution in [0.2, 0.25) is 0 Å². The third-order valence-corrected chi connectivity index (χ3v) is 6.65. The van der Waals surface area contributed by atoms with Gasteiger partial charge in [-0.3, -0.25) is 18.7 Å². The number of imidazole rings is 1. The number of aromatic nitrogens is 5. The van der Waals surface area contributed by atoms with Gasteiger partial charge in [0.1, 0.15) is 12.4 Å². The molecule has 38 heavy (non-hydrogen) atoms. The lowest BCUT2D eigenvalue weighted by atomic mass is 10.1. The third-order valence-electron chi connectivity index (χ3n) is 6.65. The van der Waals surface area contributed by atoms with E-state index in [-0.39, 0.29) is 23.8 Å². The first-order valence-corrected chi connectivity index (χ1v) is 12.3. The Morgan fingerprint density at radius 3 is 2.71 bits per heavy atom. The summed E-state index contributed by atoms with van der Waals surface area (Å²) in [6.45, 7) is 0.903. The average Bonchev–Trinajstić information content (AvgIpc) is 3.30. The molecule has 0 spiro atoms. The molecular weight excluding hydrogens is 486 g/mol. The molecule has 194 valence electrons. The number of piperidine rings is 1. The summed E-state index contributed by atoms with van der Waals surface area (Å²) in [4.78, 5) is 50.5. The van der Waals surface area contributed by atoms with Gasteiger partial charge in [0.25, 0.3) is 5.56 Å². The zero-order valence-corrected chi connectivity index (χ0v) is 20.9. The number of nitrogens with one attached hydrogen (secondary N) is 1. The Kier molecular flexibility index (Phi) is 6.76. The van der Waals surface area contributed by atoms with Crippen LogP contribution in [0, 0.1) is 11.3 Å². The normalized spacial score (nSPS) is 15.4. The van der Waals surface area contributed by atoms with Gasteiger partial charge < -0.3 is 16.0 Å². The summed E-state index contributed by atoms with van der Waals surface area (Å²) in [5, 5.41) is 12.3. The summed E-state index contributed by atoms with van der Waals surface area (Å²) < 4.78 is 3.88. The van der Waals surface area contributed by atoms with Crippen molar-refractivity contribution in [2.75, 3.05) is 23.3 Å². The Morgan fingerprint density at radius 2 is 1.97 bits per heavy atom. The van der Waals surface area contributed by atoms with Crippen LogP contribution in [0.4, 0.5) is 11.8 Å². The van der Waals surface area contributed by atoms with Crippen LogP contribution in [0.3, 0.4) is 0 Å². The molecule has 0 aliphatic carbocycles. The number of amides is 1. The number of carbonyl (C=O) groups excluding carboxylic acids is 1. The van der Waals surface area contributed by atoms with E-state index in [1.165, 1.54) is 17.8 Å². The molecule has 1 atom stereocenters. The number of hydrogen-bond acceptors (Lipinski definition) is 8. The number of pyridine rings is 1. The van der Waals surface area contributed by atoms with E-state index in [0.717, 1.165) is 17.4 Å². The minimum Gasteiger partial charge on any atom is -0.341 e. The van der Waals surface area contributed by atoms with E-state index >= 15 is 0 Å². The van der Waals surface area contributed by atoms with Gasteiger partial charge in [-0.2, -0.15) is 10.2 Å². The lowest BCUT2D eigenvalue weighted by Crippen LogP contribution is -2.44. The summed E-state index contributed by atoms with van der Waals surface area (Å²) in [6.07, 6.45) is 3.26. The van der Waals surface area contributed by atoms with Crippen molar-refractivity contribution in [2.24, 2.45) is 12.8 Å². The molecule has 1 aromatic carbocycles. The molecule has 0 unspecified atom stereocenters. The van der Waals surface area contributed by atoms with E-state index in [4.69, 9.17) is 10.7 Å². The van der Waals surface area contributed by atoms with Gasteiger partial charge >= 0.3 is 5.69 Å². The summed E-state index contributed by atoms with van der Waals surface area (Å²) in [6, 6.07) is 14.3. The Labute approximate surface area is 217 Å². The highest BCUT2D eigenvalue weighted by Crippen LogP contribution is 2.25. The van der Waals surface area contributed by atoms with Crippen LogP contribution >= 0.6 is 0 Å². The van der Waals surface area contributed by atoms with Gasteiger partial charge in [-0.15, -0.1) is 0 Å². The van der Waals surface area contributed by atoms with E-state index in [9.17, 15) is 19.6 Å². The molecule has 1 amide bonds. The number of carbonyl (C=O) groups is 1. The number of rotatable bonds is 6. The van der Waals surface area contributed by atoms with Gasteiger partial charge in [0.2, 0.25) is 11.9 Å². The second kappa shape index (κ2) is 10.3. The Balaban J connectivity index is 1.65. The molecule has 12 heteroatoms. The molecule has 1 aliphatic rings. The van der Waals surface area contributed by atoms with Gasteiger partial charge in [-0.05, 0) is 36.6 Å². The van der Waals surface area contributed by atoms with Crippen molar-refractivity contribution in [3.63, 3.8) is 0 Å². The van der Waals surface area contributed by atoms with E-state index < -0.39 is 23.7 Å². The van der Waals surface area contributed by atoms with Gasteiger partial charge in [0, 0.05) is 32.4 Å². The lowest BCUT2D eigenvalue weighted by Gasteiger charge is -2.32. The molecule has 4 aromatic rings. The highest BCUT2D eigenvalue weighted by atomic mass is 16.2. The lowest BCUT2D eigenvalue weighted by molar-refractivity contribution is -0.116. The van der Waals surface area contributed by atoms with Gasteiger partial charge in [-0.1, -0.05) is 24.3 Å². The molecule has 5 rings (SSSR count). The highest BCUT2D eigenvalue weighted by Gasteiger charge is 2.27. The van der Waals surface area contributed by atoms with E-state index in [0.29, 0.717) is 36.0 Å². The van der Waals surface area contributed by atoms with Crippen molar-refractivity contribution in [3.8, 4) is 6.07 Å². The average molecular weight is 514 g/mol. The van der Waals surface area contributed by atoms with Crippen molar-refractivity contribution in [2.45, 2.75) is 32.0 Å². The minimum atomic E-state index is -0.664. The number of benzene rings is 1. The van der Waals surface area contributed by atoms with Crippen molar-refractivity contribution >= 4 is 28.8 Å². The fraction of sp³-hybridized carbons (Fsp3) is 0.308. The summed E-state index contributed by atoms with van der Waals surface area (Å²) in [5.74, 6) is 0.237. The fourth-order valence-electron chi connectivity index (χ4n) is 4.78. The SMILES string of the molecule is Cn1c(=O)n(CC(=O)Nc2ccccn2)c(=O)c2c1nc(N1CCC[C@@H](N)C1)n2Cc1ccccc1C#N. The second-order valence-corrected chi connectivity index (χ2v) is 9.28. The predicted molar refractivity (Wildman–Crippen MR) is 142 cm³/mol. The zero-order chi connectivity index (χ0) is 26.8. The molecule has 0 radical (unpaired) electrons. The van der Waals surface area contributed by atoms with Gasteiger partial charge in [0.15, 0.2) is 11.2 Å². The van der Waals surface area contributed by atoms with Gasteiger partial charge in [0.05, 0.1) is 18.2 Å². The highest BCUT2D eigenvalue weighted by molar-refractivity contribution is 5.89. The van der Waals surface area contributed by atoms with Crippen LogP contribution in [0.25, 0.3) is 11.2 Å². The summed E-state index contributed by atoms with van der Waals surface area (Å²) >= 11 is 0. The first-order valence-electron chi connectivity index (χ1n) is 12.3. The van der Waals surface area contributed by atoms with Crippen LogP contribution in [-0.2, 0) is 24.9 Å². The second-order valence-electron chi connectivity index (χ2n) is 9.28. The molecule has 3 N–H and O–H groups in total. The maximum atomic E-state index is 13.8. The van der Waals surface area contributed by atoms with Gasteiger partial charge in [-0.25, -0.2) is 14.3 Å². The number of aryl methyl sites for hydroxylation is 1. The Morgan fingerprint density at radius 1 is 1.18 bits per heavy atom. The Bertz CT molecular complexity index is 1660. The van der Waals surface area contributed by atoms with Crippen LogP contribution in [0.1, 0.15) is 24.0 Å². The molecule has 3 aromatic heterocycles. The van der Waals surface area contributed by atoms with Crippen molar-refractivity contribution in [3.05, 3.63) is 80.6 Å². The monoisotopic (exact) mass is 513 g/mol. The van der Waals surface area contributed by atoms with E-state index in [2.05, 4.69) is 16.4 Å². The summed E-state index contributed by atoms with van der Waals surface area (Å²) in [7, 11) is 1.52. The fourth-order valence-corrected chi connectivity index (χ4v) is 4.78. The molecule has 0 bridgehead atoms. The van der Waals surface area contributed by atoms with Crippen LogP contribution in [0.15, 0.2) is 58.3 Å². The molecule has 0 saturated carbocycles. The minimum absolute atomic E-state index is 0.0563. The maximum Gasteiger partial charge on any atom is 0.332 e. The number of nitrogens with two attached hydrogens (primary N) is 1. The number of fused-ring (bicyclic) bond motifs is 1. The quantitative estimate of drug-likeness (QED) is 0.383. The standard InChI is InChI=1S/C26H27N9O3/c1-32-23-22(24(37)35(26(32)38)16-21(36)30-20-10-4-5-11-29-20)34(14-18-8-3-2-7-17(18)13-27)25(31-23)33-12-6-9-19(28)15-33/h2-5,7-8,10-11,19H,6,9,12,14-16,28H2,1H3,(H,29,30,36)/t19-/m1/s1. The maximum absolute atomic E-state index is 13.8. The zero-order valence-electron chi connectivity index (χ0n) is 20.9. The number of hydrogen-bond donors (Lipinski definition) is 2. The van der Waals surface area contributed by atoms with Crippen molar-refractivity contribution < 1.29 is 4.79 Å². The molecule has 1 fully saturated rings.